The molecule has 0 N–H and O–H groups in total. The van der Waals surface area contributed by atoms with Crippen LogP contribution in [0.4, 0.5) is 5.69 Å². The van der Waals surface area contributed by atoms with Crippen LogP contribution in [-0.4, -0.2) is 50.9 Å². The molecule has 3 aromatic carbocycles. The molecule has 1 unspecified atom stereocenters. The number of carbonyl (C=O) groups is 2. The van der Waals surface area contributed by atoms with Gasteiger partial charge in [0.05, 0.1) is 30.8 Å². The van der Waals surface area contributed by atoms with Crippen molar-refractivity contribution in [2.45, 2.75) is 17.5 Å². The Morgan fingerprint density at radius 3 is 2.42 bits per heavy atom. The summed E-state index contributed by atoms with van der Waals surface area (Å²) in [6.45, 7) is -0.646. The zero-order valence-corrected chi connectivity index (χ0v) is 22.3. The van der Waals surface area contributed by atoms with Crippen LogP contribution in [0.25, 0.3) is 0 Å². The Morgan fingerprint density at radius 1 is 1.08 bits per heavy atom. The van der Waals surface area contributed by atoms with E-state index in [-0.39, 0.29) is 18.0 Å². The number of hydrogen-bond donors (Lipinski definition) is 0. The molecule has 36 heavy (non-hydrogen) atoms. The maximum absolute atomic E-state index is 13.6. The molecule has 0 fully saturated rings. The van der Waals surface area contributed by atoms with Gasteiger partial charge in [-0.25, -0.2) is 13.2 Å². The third kappa shape index (κ3) is 5.73. The maximum Gasteiger partial charge on any atom is 0.348 e. The summed E-state index contributed by atoms with van der Waals surface area (Å²) in [6.07, 6.45) is -1.04. The highest BCUT2D eigenvalue weighted by Crippen LogP contribution is 2.34. The maximum atomic E-state index is 13.6. The standard InChI is InChI=1S/C25H22BrClN2O6S/c1-34-25(31)23-15-29(21-4-2-3-5-22(21)35-23)24(30)16-28(14-17-6-10-19(27)11-7-17)36(32,33)20-12-8-18(26)9-13-20/h2-13,23H,14-16H2,1H3. The number of nitrogens with zero attached hydrogens (tertiary/aromatic N) is 2. The zero-order chi connectivity index (χ0) is 25.9. The molecule has 1 atom stereocenters. The number of sulfonamides is 1. The molecular weight excluding hydrogens is 572 g/mol. The number of hydrogen-bond acceptors (Lipinski definition) is 6. The SMILES string of the molecule is COC(=O)C1CN(C(=O)CN(Cc2ccc(Cl)cc2)S(=O)(=O)c2ccc(Br)cc2)c2ccccc2O1. The van der Waals surface area contributed by atoms with E-state index in [1.54, 1.807) is 60.7 Å². The van der Waals surface area contributed by atoms with Gasteiger partial charge in [0.2, 0.25) is 22.0 Å². The summed E-state index contributed by atoms with van der Waals surface area (Å²) >= 11 is 9.30. The van der Waals surface area contributed by atoms with Gasteiger partial charge in [-0.2, -0.15) is 4.31 Å². The average Bonchev–Trinajstić information content (AvgIpc) is 2.88. The van der Waals surface area contributed by atoms with Crippen LogP contribution in [0.15, 0.2) is 82.2 Å². The molecule has 1 heterocycles. The van der Waals surface area contributed by atoms with Gasteiger partial charge in [0.15, 0.2) is 0 Å². The van der Waals surface area contributed by atoms with Gasteiger partial charge in [-0.3, -0.25) is 4.79 Å². The lowest BCUT2D eigenvalue weighted by Crippen LogP contribution is -2.50. The van der Waals surface area contributed by atoms with Crippen LogP contribution in [0.5, 0.6) is 5.75 Å². The van der Waals surface area contributed by atoms with E-state index in [1.165, 1.54) is 24.1 Å². The monoisotopic (exact) mass is 592 g/mol. The van der Waals surface area contributed by atoms with Gasteiger partial charge in [-0.15, -0.1) is 0 Å². The Bertz CT molecular complexity index is 1370. The van der Waals surface area contributed by atoms with E-state index in [1.807, 2.05) is 0 Å². The minimum absolute atomic E-state index is 0.0438. The van der Waals surface area contributed by atoms with E-state index in [9.17, 15) is 18.0 Å². The lowest BCUT2D eigenvalue weighted by Gasteiger charge is -2.34. The van der Waals surface area contributed by atoms with Gasteiger partial charge in [0, 0.05) is 16.0 Å². The molecule has 1 aliphatic rings. The summed E-state index contributed by atoms with van der Waals surface area (Å²) in [4.78, 5) is 27.2. The summed E-state index contributed by atoms with van der Waals surface area (Å²) in [5.74, 6) is -0.829. The van der Waals surface area contributed by atoms with Gasteiger partial charge in [0.25, 0.3) is 0 Å². The van der Waals surface area contributed by atoms with Crippen molar-refractivity contribution in [1.82, 2.24) is 4.31 Å². The topological polar surface area (TPSA) is 93.2 Å². The summed E-state index contributed by atoms with van der Waals surface area (Å²) < 4.78 is 39.6. The molecular formula is C25H22BrClN2O6S. The molecule has 0 radical (unpaired) electrons. The van der Waals surface area contributed by atoms with Crippen LogP contribution >= 0.6 is 27.5 Å². The fraction of sp³-hybridized carbons (Fsp3) is 0.200. The Labute approximate surface area is 222 Å². The van der Waals surface area contributed by atoms with Crippen molar-refractivity contribution in [3.8, 4) is 5.75 Å². The van der Waals surface area contributed by atoms with Gasteiger partial charge >= 0.3 is 5.97 Å². The van der Waals surface area contributed by atoms with Crippen molar-refractivity contribution in [2.24, 2.45) is 0 Å². The third-order valence-corrected chi connectivity index (χ3v) is 8.16. The first-order valence-electron chi connectivity index (χ1n) is 10.8. The van der Waals surface area contributed by atoms with Gasteiger partial charge < -0.3 is 14.4 Å². The number of para-hydroxylation sites is 2. The minimum Gasteiger partial charge on any atom is -0.475 e. The second kappa shape index (κ2) is 11.0. The van der Waals surface area contributed by atoms with Crippen LogP contribution in [-0.2, 0) is 30.9 Å². The summed E-state index contributed by atoms with van der Waals surface area (Å²) in [5.41, 5.74) is 1.10. The lowest BCUT2D eigenvalue weighted by atomic mass is 10.2. The fourth-order valence-electron chi connectivity index (χ4n) is 3.74. The molecule has 0 spiro atoms. The van der Waals surface area contributed by atoms with E-state index in [0.717, 1.165) is 8.78 Å². The fourth-order valence-corrected chi connectivity index (χ4v) is 5.50. The summed E-state index contributed by atoms with van der Waals surface area (Å²) in [6, 6.07) is 19.6. The third-order valence-electron chi connectivity index (χ3n) is 5.57. The molecule has 0 aliphatic carbocycles. The molecule has 11 heteroatoms. The van der Waals surface area contributed by atoms with Crippen molar-refractivity contribution < 1.29 is 27.5 Å². The first-order valence-corrected chi connectivity index (χ1v) is 13.4. The van der Waals surface area contributed by atoms with E-state index in [4.69, 9.17) is 21.1 Å². The molecule has 1 amide bonds. The largest absolute Gasteiger partial charge is 0.475 e. The number of amides is 1. The molecule has 3 aromatic rings. The Balaban J connectivity index is 1.68. The van der Waals surface area contributed by atoms with Crippen molar-refractivity contribution in [3.05, 3.63) is 87.9 Å². The number of rotatable bonds is 7. The molecule has 1 aliphatic heterocycles. The number of esters is 1. The molecule has 0 bridgehead atoms. The molecule has 0 aromatic heterocycles. The van der Waals surface area contributed by atoms with Crippen LogP contribution in [0.3, 0.4) is 0 Å². The Hall–Kier alpha value is -2.92. The number of methoxy groups -OCH3 is 1. The number of fused-ring (bicyclic) bond motifs is 1. The predicted octanol–water partition coefficient (Wildman–Crippen LogP) is 4.26. The van der Waals surface area contributed by atoms with Crippen molar-refractivity contribution in [1.29, 1.82) is 0 Å². The summed E-state index contributed by atoms with van der Waals surface area (Å²) in [5, 5.41) is 0.510. The second-order valence-corrected chi connectivity index (χ2v) is 11.2. The minimum atomic E-state index is -4.06. The van der Waals surface area contributed by atoms with Crippen molar-refractivity contribution >= 4 is 55.1 Å². The number of halogens is 2. The number of benzene rings is 3. The van der Waals surface area contributed by atoms with Gasteiger partial charge in [0.1, 0.15) is 5.75 Å². The highest BCUT2D eigenvalue weighted by Gasteiger charge is 2.36. The second-order valence-electron chi connectivity index (χ2n) is 7.96. The highest BCUT2D eigenvalue weighted by molar-refractivity contribution is 9.10. The molecule has 4 rings (SSSR count). The Morgan fingerprint density at radius 2 is 1.75 bits per heavy atom. The quantitative estimate of drug-likeness (QED) is 0.380. The van der Waals surface area contributed by atoms with Crippen LogP contribution < -0.4 is 9.64 Å². The van der Waals surface area contributed by atoms with E-state index < -0.39 is 34.5 Å². The smallest absolute Gasteiger partial charge is 0.348 e. The normalized spacial score (nSPS) is 15.2. The predicted molar refractivity (Wildman–Crippen MR) is 138 cm³/mol. The van der Waals surface area contributed by atoms with Crippen LogP contribution in [0, 0.1) is 0 Å². The number of ether oxygens (including phenoxy) is 2. The first-order chi connectivity index (χ1) is 17.2. The number of carbonyl (C=O) groups excluding carboxylic acids is 2. The molecule has 0 saturated carbocycles. The van der Waals surface area contributed by atoms with E-state index >= 15 is 0 Å². The van der Waals surface area contributed by atoms with E-state index in [2.05, 4.69) is 15.9 Å². The van der Waals surface area contributed by atoms with Crippen molar-refractivity contribution in [3.63, 3.8) is 0 Å². The van der Waals surface area contributed by atoms with Gasteiger partial charge in [-0.05, 0) is 54.1 Å². The van der Waals surface area contributed by atoms with Gasteiger partial charge in [-0.1, -0.05) is 51.8 Å². The Kier molecular flexibility index (Phi) is 7.99. The zero-order valence-electron chi connectivity index (χ0n) is 19.1. The van der Waals surface area contributed by atoms with E-state index in [0.29, 0.717) is 22.0 Å². The molecule has 188 valence electrons. The van der Waals surface area contributed by atoms with Crippen LogP contribution in [0.2, 0.25) is 5.02 Å². The molecule has 8 nitrogen and oxygen atoms in total. The van der Waals surface area contributed by atoms with Crippen LogP contribution in [0.1, 0.15) is 5.56 Å². The lowest BCUT2D eigenvalue weighted by molar-refractivity contribution is -0.148. The number of anilines is 1. The average molecular weight is 594 g/mol. The molecule has 0 saturated heterocycles. The highest BCUT2D eigenvalue weighted by atomic mass is 79.9. The summed E-state index contributed by atoms with van der Waals surface area (Å²) in [7, 11) is -2.83. The van der Waals surface area contributed by atoms with Crippen molar-refractivity contribution in [2.75, 3.05) is 25.1 Å². The first kappa shape index (κ1) is 26.2.